The van der Waals surface area contributed by atoms with Crippen LogP contribution in [-0.2, 0) is 19.0 Å². The van der Waals surface area contributed by atoms with E-state index in [1.54, 1.807) is 27.7 Å². The summed E-state index contributed by atoms with van der Waals surface area (Å²) in [6.07, 6.45) is -0.472. The van der Waals surface area contributed by atoms with E-state index in [9.17, 15) is 14.9 Å². The third kappa shape index (κ3) is 4.43. The molecule has 0 unspecified atom stereocenters. The van der Waals surface area contributed by atoms with Crippen LogP contribution in [0.15, 0.2) is 0 Å². The molecule has 0 aliphatic carbocycles. The molecular formula is C12H21NO6. The summed E-state index contributed by atoms with van der Waals surface area (Å²) in [6, 6.07) is 0. The monoisotopic (exact) mass is 275 g/mol. The van der Waals surface area contributed by atoms with E-state index in [1.807, 2.05) is 0 Å². The largest absolute Gasteiger partial charge is 0.466 e. The minimum absolute atomic E-state index is 0.245. The normalized spacial score (nSPS) is 24.7. The van der Waals surface area contributed by atoms with Gasteiger partial charge in [-0.2, -0.15) is 0 Å². The Morgan fingerprint density at radius 2 is 2.21 bits per heavy atom. The van der Waals surface area contributed by atoms with Gasteiger partial charge >= 0.3 is 5.97 Å². The van der Waals surface area contributed by atoms with Crippen molar-refractivity contribution in [1.29, 1.82) is 0 Å². The van der Waals surface area contributed by atoms with Gasteiger partial charge in [0.25, 0.3) is 0 Å². The van der Waals surface area contributed by atoms with Gasteiger partial charge in [-0.1, -0.05) is 6.92 Å². The first kappa shape index (κ1) is 15.8. The van der Waals surface area contributed by atoms with Crippen molar-refractivity contribution in [2.75, 3.05) is 19.8 Å². The van der Waals surface area contributed by atoms with Gasteiger partial charge in [0.2, 0.25) is 6.54 Å². The number of hydrogen-bond donors (Lipinski definition) is 0. The van der Waals surface area contributed by atoms with Crippen LogP contribution in [-0.4, -0.2) is 42.5 Å². The molecule has 3 atom stereocenters. The maximum atomic E-state index is 11.7. The third-order valence-corrected chi connectivity index (χ3v) is 3.17. The van der Waals surface area contributed by atoms with Crippen molar-refractivity contribution in [3.8, 4) is 0 Å². The zero-order valence-electron chi connectivity index (χ0n) is 11.8. The highest BCUT2D eigenvalue weighted by Crippen LogP contribution is 2.31. The van der Waals surface area contributed by atoms with Crippen molar-refractivity contribution in [3.05, 3.63) is 10.1 Å². The summed E-state index contributed by atoms with van der Waals surface area (Å²) >= 11 is 0. The molecule has 0 aromatic heterocycles. The van der Waals surface area contributed by atoms with Crippen LogP contribution in [0.25, 0.3) is 0 Å². The Kier molecular flexibility index (Phi) is 5.25. The fourth-order valence-electron chi connectivity index (χ4n) is 2.14. The third-order valence-electron chi connectivity index (χ3n) is 3.17. The van der Waals surface area contributed by atoms with E-state index in [0.717, 1.165) is 0 Å². The molecule has 1 aliphatic rings. The number of carbonyl (C=O) groups is 1. The Labute approximate surface area is 112 Å². The molecule has 7 heteroatoms. The van der Waals surface area contributed by atoms with Gasteiger partial charge in [0.15, 0.2) is 5.79 Å². The molecule has 1 fully saturated rings. The lowest BCUT2D eigenvalue weighted by atomic mass is 9.89. The standard InChI is InChI=1S/C12H21NO6/c1-5-17-11(14)8(2)9(6-13(15)16)10-7-18-12(3,4)19-10/h8-10H,5-7H2,1-4H3/t8-,9-,10-/m1/s1. The molecule has 7 nitrogen and oxygen atoms in total. The molecule has 19 heavy (non-hydrogen) atoms. The second-order valence-electron chi connectivity index (χ2n) is 5.09. The number of nitrogens with zero attached hydrogens (tertiary/aromatic N) is 1. The van der Waals surface area contributed by atoms with Gasteiger partial charge < -0.3 is 14.2 Å². The number of ether oxygens (including phenoxy) is 3. The van der Waals surface area contributed by atoms with Crippen molar-refractivity contribution in [2.45, 2.75) is 39.6 Å². The Bertz CT molecular complexity index is 343. The van der Waals surface area contributed by atoms with Crippen LogP contribution < -0.4 is 0 Å². The van der Waals surface area contributed by atoms with Crippen LogP contribution in [0.4, 0.5) is 0 Å². The lowest BCUT2D eigenvalue weighted by molar-refractivity contribution is -0.492. The van der Waals surface area contributed by atoms with Crippen molar-refractivity contribution in [2.24, 2.45) is 11.8 Å². The topological polar surface area (TPSA) is 87.9 Å². The predicted molar refractivity (Wildman–Crippen MR) is 66.1 cm³/mol. The number of esters is 1. The summed E-state index contributed by atoms with van der Waals surface area (Å²) in [6.45, 7) is 6.96. The zero-order valence-corrected chi connectivity index (χ0v) is 11.8. The van der Waals surface area contributed by atoms with Gasteiger partial charge in [-0.05, 0) is 20.8 Å². The Morgan fingerprint density at radius 3 is 2.63 bits per heavy atom. The highest BCUT2D eigenvalue weighted by atomic mass is 16.7. The quantitative estimate of drug-likeness (QED) is 0.411. The first-order chi connectivity index (χ1) is 8.76. The summed E-state index contributed by atoms with van der Waals surface area (Å²) in [4.78, 5) is 22.1. The molecule has 0 radical (unpaired) electrons. The van der Waals surface area contributed by atoms with Crippen LogP contribution in [0, 0.1) is 22.0 Å². The van der Waals surface area contributed by atoms with Crippen LogP contribution in [0.5, 0.6) is 0 Å². The van der Waals surface area contributed by atoms with Crippen molar-refractivity contribution < 1.29 is 23.9 Å². The SMILES string of the molecule is CCOC(=O)[C@H](C)[C@@H](C[N+](=O)[O-])[C@H]1COC(C)(C)O1. The molecule has 1 aliphatic heterocycles. The van der Waals surface area contributed by atoms with E-state index in [1.165, 1.54) is 0 Å². The summed E-state index contributed by atoms with van der Waals surface area (Å²) in [5.74, 6) is -2.38. The summed E-state index contributed by atoms with van der Waals surface area (Å²) in [7, 11) is 0. The fourth-order valence-corrected chi connectivity index (χ4v) is 2.14. The molecule has 0 bridgehead atoms. The molecule has 0 aromatic carbocycles. The minimum Gasteiger partial charge on any atom is -0.466 e. The molecular weight excluding hydrogens is 254 g/mol. The van der Waals surface area contributed by atoms with Crippen molar-refractivity contribution in [1.82, 2.24) is 0 Å². The van der Waals surface area contributed by atoms with E-state index in [2.05, 4.69) is 0 Å². The van der Waals surface area contributed by atoms with Gasteiger partial charge in [0, 0.05) is 4.92 Å². The van der Waals surface area contributed by atoms with E-state index in [-0.39, 0.29) is 19.8 Å². The molecule has 0 amide bonds. The lowest BCUT2D eigenvalue weighted by Gasteiger charge is -2.25. The summed E-state index contributed by atoms with van der Waals surface area (Å²) < 4.78 is 16.0. The van der Waals surface area contributed by atoms with Crippen molar-refractivity contribution in [3.63, 3.8) is 0 Å². The summed E-state index contributed by atoms with van der Waals surface area (Å²) in [5, 5.41) is 10.8. The van der Waals surface area contributed by atoms with Crippen LogP contribution >= 0.6 is 0 Å². The van der Waals surface area contributed by atoms with Gasteiger partial charge in [-0.25, -0.2) is 0 Å². The smallest absolute Gasteiger partial charge is 0.309 e. The van der Waals surface area contributed by atoms with Gasteiger partial charge in [-0.15, -0.1) is 0 Å². The maximum Gasteiger partial charge on any atom is 0.309 e. The molecule has 0 saturated carbocycles. The average molecular weight is 275 g/mol. The molecule has 1 heterocycles. The first-order valence-corrected chi connectivity index (χ1v) is 6.37. The highest BCUT2D eigenvalue weighted by Gasteiger charge is 2.43. The average Bonchev–Trinajstić information content (AvgIpc) is 2.65. The fraction of sp³-hybridized carbons (Fsp3) is 0.917. The number of carbonyl (C=O) groups excluding carboxylic acids is 1. The Hall–Kier alpha value is -1.21. The van der Waals surface area contributed by atoms with E-state index < -0.39 is 34.6 Å². The number of hydrogen-bond acceptors (Lipinski definition) is 6. The zero-order chi connectivity index (χ0) is 14.6. The lowest BCUT2D eigenvalue weighted by Crippen LogP contribution is -2.39. The molecule has 0 spiro atoms. The van der Waals surface area contributed by atoms with Crippen LogP contribution in [0.1, 0.15) is 27.7 Å². The second kappa shape index (κ2) is 6.29. The second-order valence-corrected chi connectivity index (χ2v) is 5.09. The van der Waals surface area contributed by atoms with E-state index >= 15 is 0 Å². The number of nitro groups is 1. The number of rotatable bonds is 6. The highest BCUT2D eigenvalue weighted by molar-refractivity contribution is 5.72. The Morgan fingerprint density at radius 1 is 1.58 bits per heavy atom. The Balaban J connectivity index is 2.77. The van der Waals surface area contributed by atoms with Crippen molar-refractivity contribution >= 4 is 5.97 Å². The maximum absolute atomic E-state index is 11.7. The molecule has 1 rings (SSSR count). The van der Waals surface area contributed by atoms with Crippen LogP contribution in [0.2, 0.25) is 0 Å². The first-order valence-electron chi connectivity index (χ1n) is 6.37. The molecule has 1 saturated heterocycles. The van der Waals surface area contributed by atoms with Crippen LogP contribution in [0.3, 0.4) is 0 Å². The predicted octanol–water partition coefficient (Wildman–Crippen LogP) is 1.23. The van der Waals surface area contributed by atoms with Gasteiger partial charge in [-0.3, -0.25) is 14.9 Å². The van der Waals surface area contributed by atoms with E-state index in [0.29, 0.717) is 0 Å². The molecule has 0 aromatic rings. The summed E-state index contributed by atoms with van der Waals surface area (Å²) in [5.41, 5.74) is 0. The molecule has 0 N–H and O–H groups in total. The molecule has 110 valence electrons. The van der Waals surface area contributed by atoms with Gasteiger partial charge in [0.1, 0.15) is 0 Å². The van der Waals surface area contributed by atoms with E-state index in [4.69, 9.17) is 14.2 Å². The minimum atomic E-state index is -0.770. The van der Waals surface area contributed by atoms with Gasteiger partial charge in [0.05, 0.1) is 31.2 Å².